The van der Waals surface area contributed by atoms with Gasteiger partial charge in [0.15, 0.2) is 0 Å². The minimum absolute atomic E-state index is 0.135. The van der Waals surface area contributed by atoms with Crippen LogP contribution < -0.4 is 10.1 Å². The first-order valence-corrected chi connectivity index (χ1v) is 5.42. The Morgan fingerprint density at radius 2 is 1.89 bits per heavy atom. The molecule has 0 fully saturated rings. The summed E-state index contributed by atoms with van der Waals surface area (Å²) in [6, 6.07) is 5.47. The fourth-order valence-corrected chi connectivity index (χ4v) is 1.68. The number of nitrogens with one attached hydrogen (secondary N) is 1. The molecule has 0 saturated carbocycles. The Bertz CT molecular complexity index is 529. The first kappa shape index (κ1) is 12.6. The molecule has 0 atom stereocenters. The average molecular weight is 253 g/mol. The third kappa shape index (κ3) is 2.36. The van der Waals surface area contributed by atoms with Crippen molar-refractivity contribution in [2.24, 2.45) is 0 Å². The lowest BCUT2D eigenvalue weighted by atomic mass is 10.1. The van der Waals surface area contributed by atoms with Crippen LogP contribution >= 0.6 is 0 Å². The maximum absolute atomic E-state index is 13.8. The van der Waals surface area contributed by atoms with Crippen LogP contribution in [0.15, 0.2) is 28.7 Å². The van der Waals surface area contributed by atoms with Crippen LogP contribution in [0.2, 0.25) is 0 Å². The Morgan fingerprint density at radius 1 is 1.22 bits per heavy atom. The number of ether oxygens (including phenoxy) is 1. The van der Waals surface area contributed by atoms with Gasteiger partial charge in [-0.25, -0.2) is 8.78 Å². The van der Waals surface area contributed by atoms with E-state index in [4.69, 9.17) is 9.15 Å². The van der Waals surface area contributed by atoms with Gasteiger partial charge in [0.2, 0.25) is 0 Å². The highest BCUT2D eigenvalue weighted by atomic mass is 19.1. The van der Waals surface area contributed by atoms with Crippen LogP contribution in [0, 0.1) is 11.6 Å². The van der Waals surface area contributed by atoms with Crippen molar-refractivity contribution >= 4 is 0 Å². The lowest BCUT2D eigenvalue weighted by molar-refractivity contribution is 0.406. The zero-order valence-corrected chi connectivity index (χ0v) is 10.1. The summed E-state index contributed by atoms with van der Waals surface area (Å²) in [5.41, 5.74) is -0.182. The largest absolute Gasteiger partial charge is 0.497 e. The summed E-state index contributed by atoms with van der Waals surface area (Å²) in [6.07, 6.45) is 0. The average Bonchev–Trinajstić information content (AvgIpc) is 2.77. The number of hydrogen-bond acceptors (Lipinski definition) is 3. The van der Waals surface area contributed by atoms with Crippen molar-refractivity contribution in [3.63, 3.8) is 0 Å². The van der Waals surface area contributed by atoms with Gasteiger partial charge in [0.05, 0.1) is 19.2 Å². The van der Waals surface area contributed by atoms with Crippen LogP contribution in [0.25, 0.3) is 11.3 Å². The Balaban J connectivity index is 2.43. The SMILES string of the molecule is CNCc1ccc(-c2c(F)cc(OC)cc2F)o1. The molecule has 18 heavy (non-hydrogen) atoms. The Labute approximate surface area is 103 Å². The van der Waals surface area contributed by atoms with Gasteiger partial charge in [0, 0.05) is 12.1 Å². The number of hydrogen-bond donors (Lipinski definition) is 1. The van der Waals surface area contributed by atoms with Crippen molar-refractivity contribution in [1.29, 1.82) is 0 Å². The van der Waals surface area contributed by atoms with Gasteiger partial charge in [0.25, 0.3) is 0 Å². The van der Waals surface area contributed by atoms with Gasteiger partial charge in [-0.15, -0.1) is 0 Å². The summed E-state index contributed by atoms with van der Waals surface area (Å²) in [4.78, 5) is 0. The molecule has 0 aliphatic rings. The molecule has 2 aromatic rings. The van der Waals surface area contributed by atoms with Crippen molar-refractivity contribution in [3.05, 3.63) is 41.7 Å². The van der Waals surface area contributed by atoms with Gasteiger partial charge in [0.1, 0.15) is 28.9 Å². The van der Waals surface area contributed by atoms with Crippen molar-refractivity contribution in [2.45, 2.75) is 6.54 Å². The van der Waals surface area contributed by atoms with Gasteiger partial charge >= 0.3 is 0 Å². The van der Waals surface area contributed by atoms with E-state index in [-0.39, 0.29) is 17.1 Å². The van der Waals surface area contributed by atoms with Crippen molar-refractivity contribution < 1.29 is 17.9 Å². The van der Waals surface area contributed by atoms with E-state index in [1.54, 1.807) is 19.2 Å². The van der Waals surface area contributed by atoms with Gasteiger partial charge < -0.3 is 14.5 Å². The van der Waals surface area contributed by atoms with Crippen LogP contribution in [-0.4, -0.2) is 14.2 Å². The Hall–Kier alpha value is -1.88. The topological polar surface area (TPSA) is 34.4 Å². The maximum Gasteiger partial charge on any atom is 0.140 e. The summed E-state index contributed by atoms with van der Waals surface area (Å²) in [7, 11) is 3.11. The molecule has 1 aromatic heterocycles. The molecule has 1 N–H and O–H groups in total. The normalized spacial score (nSPS) is 10.7. The second-order valence-electron chi connectivity index (χ2n) is 3.76. The first-order valence-electron chi connectivity index (χ1n) is 5.42. The number of rotatable bonds is 4. The third-order valence-corrected chi connectivity index (χ3v) is 2.51. The minimum atomic E-state index is -0.711. The van der Waals surface area contributed by atoms with Crippen LogP contribution in [0.4, 0.5) is 8.78 Å². The fourth-order valence-electron chi connectivity index (χ4n) is 1.68. The maximum atomic E-state index is 13.8. The Kier molecular flexibility index (Phi) is 3.62. The third-order valence-electron chi connectivity index (χ3n) is 2.51. The monoisotopic (exact) mass is 253 g/mol. The summed E-state index contributed by atoms with van der Waals surface area (Å²) < 4.78 is 37.7. The molecule has 0 radical (unpaired) electrons. The molecular formula is C13H13F2NO2. The summed E-state index contributed by atoms with van der Waals surface area (Å²) in [6.45, 7) is 0.499. The highest BCUT2D eigenvalue weighted by Crippen LogP contribution is 2.30. The van der Waals surface area contributed by atoms with E-state index in [2.05, 4.69) is 5.32 Å². The second kappa shape index (κ2) is 5.18. The Morgan fingerprint density at radius 3 is 2.44 bits per heavy atom. The molecule has 1 heterocycles. The van der Waals surface area contributed by atoms with Gasteiger partial charge in [-0.1, -0.05) is 0 Å². The van der Waals surface area contributed by atoms with Crippen molar-refractivity contribution in [1.82, 2.24) is 5.32 Å². The predicted molar refractivity (Wildman–Crippen MR) is 63.4 cm³/mol. The van der Waals surface area contributed by atoms with Gasteiger partial charge in [-0.2, -0.15) is 0 Å². The molecule has 0 unspecified atom stereocenters. The van der Waals surface area contributed by atoms with E-state index in [1.165, 1.54) is 7.11 Å². The van der Waals surface area contributed by atoms with Crippen molar-refractivity contribution in [2.75, 3.05) is 14.2 Å². The van der Waals surface area contributed by atoms with Gasteiger partial charge in [-0.3, -0.25) is 0 Å². The molecule has 0 spiro atoms. The standard InChI is InChI=1S/C13H13F2NO2/c1-16-7-8-3-4-12(18-8)13-10(14)5-9(17-2)6-11(13)15/h3-6,16H,7H2,1-2H3. The van der Waals surface area contributed by atoms with E-state index < -0.39 is 11.6 Å². The highest BCUT2D eigenvalue weighted by molar-refractivity contribution is 5.60. The van der Waals surface area contributed by atoms with Crippen LogP contribution in [-0.2, 0) is 6.54 Å². The molecule has 96 valence electrons. The molecule has 0 saturated heterocycles. The highest BCUT2D eigenvalue weighted by Gasteiger charge is 2.17. The lowest BCUT2D eigenvalue weighted by Crippen LogP contribution is -2.03. The predicted octanol–water partition coefficient (Wildman–Crippen LogP) is 2.95. The molecule has 0 aliphatic heterocycles. The fraction of sp³-hybridized carbons (Fsp3) is 0.231. The first-order chi connectivity index (χ1) is 8.65. The quantitative estimate of drug-likeness (QED) is 0.909. The van der Waals surface area contributed by atoms with Crippen LogP contribution in [0.5, 0.6) is 5.75 Å². The summed E-state index contributed by atoms with van der Waals surface area (Å²) in [5.74, 6) is -0.509. The van der Waals surface area contributed by atoms with E-state index in [1.807, 2.05) is 0 Å². The molecule has 3 nitrogen and oxygen atoms in total. The molecular weight excluding hydrogens is 240 g/mol. The number of halogens is 2. The van der Waals surface area contributed by atoms with Crippen LogP contribution in [0.3, 0.4) is 0 Å². The van der Waals surface area contributed by atoms with Crippen LogP contribution in [0.1, 0.15) is 5.76 Å². The minimum Gasteiger partial charge on any atom is -0.497 e. The number of furan rings is 1. The summed E-state index contributed by atoms with van der Waals surface area (Å²) in [5, 5.41) is 2.90. The van der Waals surface area contributed by atoms with Gasteiger partial charge in [-0.05, 0) is 19.2 Å². The molecule has 0 amide bonds. The number of benzene rings is 1. The molecule has 0 bridgehead atoms. The summed E-state index contributed by atoms with van der Waals surface area (Å²) >= 11 is 0. The van der Waals surface area contributed by atoms with E-state index in [9.17, 15) is 8.78 Å². The number of methoxy groups -OCH3 is 1. The molecule has 1 aromatic carbocycles. The molecule has 5 heteroatoms. The lowest BCUT2D eigenvalue weighted by Gasteiger charge is -2.05. The smallest absolute Gasteiger partial charge is 0.140 e. The zero-order valence-electron chi connectivity index (χ0n) is 10.1. The van der Waals surface area contributed by atoms with E-state index >= 15 is 0 Å². The molecule has 0 aliphatic carbocycles. The second-order valence-corrected chi connectivity index (χ2v) is 3.76. The van der Waals surface area contributed by atoms with Crippen molar-refractivity contribution in [3.8, 4) is 17.1 Å². The van der Waals surface area contributed by atoms with E-state index in [0.717, 1.165) is 12.1 Å². The molecule has 2 rings (SSSR count). The zero-order chi connectivity index (χ0) is 13.1. The van der Waals surface area contributed by atoms with E-state index in [0.29, 0.717) is 12.3 Å².